The molecule has 10 nitrogen and oxygen atoms in total. The molecule has 0 bridgehead atoms. The molecule has 4 aromatic rings. The van der Waals surface area contributed by atoms with E-state index in [2.05, 4.69) is 10.2 Å². The standard InChI is InChI=1S/C34H33ClN4O6/c35-24-11-9-23(10-12-24)21-27(36-32(41)31-22-29(40)26-6-2-4-8-30(26)45-31)34(43)38-15-13-37(14-16-38)28-7-3-1-5-25(28)33(42)39-17-19-44-20-18-39/h1-12,22,27H,13-21H2,(H,36,41)/t27-/m1/s1. The van der Waals surface area contributed by atoms with Gasteiger partial charge < -0.3 is 29.2 Å². The first-order chi connectivity index (χ1) is 21.9. The van der Waals surface area contributed by atoms with Gasteiger partial charge in [-0.05, 0) is 42.0 Å². The number of nitrogens with zero attached hydrogens (tertiary/aromatic N) is 3. The van der Waals surface area contributed by atoms with Crippen LogP contribution >= 0.6 is 11.6 Å². The van der Waals surface area contributed by atoms with Gasteiger partial charge in [-0.1, -0.05) is 48.0 Å². The Bertz CT molecular complexity index is 1760. The van der Waals surface area contributed by atoms with Crippen LogP contribution in [0.1, 0.15) is 26.5 Å². The highest BCUT2D eigenvalue weighted by Crippen LogP contribution is 2.24. The molecule has 3 amide bonds. The second kappa shape index (κ2) is 13.5. The minimum atomic E-state index is -0.919. The number of carbonyl (C=O) groups is 3. The number of hydrogen-bond acceptors (Lipinski definition) is 7. The fourth-order valence-electron chi connectivity index (χ4n) is 5.76. The van der Waals surface area contributed by atoms with E-state index in [0.29, 0.717) is 74.0 Å². The number of hydrogen-bond donors (Lipinski definition) is 1. The highest BCUT2D eigenvalue weighted by molar-refractivity contribution is 6.30. The largest absolute Gasteiger partial charge is 0.451 e. The number of carbonyl (C=O) groups excluding carboxylic acids is 3. The van der Waals surface area contributed by atoms with Gasteiger partial charge in [0.25, 0.3) is 11.8 Å². The SMILES string of the molecule is O=C(N[C@H](Cc1ccc(Cl)cc1)C(=O)N1CCN(c2ccccc2C(=O)N2CCOCC2)CC1)c1cc(=O)c2ccccc2o1. The summed E-state index contributed by atoms with van der Waals surface area (Å²) in [6.07, 6.45) is 0.219. The number of benzene rings is 3. The molecular weight excluding hydrogens is 596 g/mol. The first kappa shape index (κ1) is 30.4. The van der Waals surface area contributed by atoms with Gasteiger partial charge in [0.15, 0.2) is 11.2 Å². The van der Waals surface area contributed by atoms with Crippen molar-refractivity contribution in [1.29, 1.82) is 0 Å². The summed E-state index contributed by atoms with van der Waals surface area (Å²) in [5.74, 6) is -1.10. The quantitative estimate of drug-likeness (QED) is 0.333. The summed E-state index contributed by atoms with van der Waals surface area (Å²) < 4.78 is 11.1. The highest BCUT2D eigenvalue weighted by atomic mass is 35.5. The number of fused-ring (bicyclic) bond motifs is 1. The third-order valence-electron chi connectivity index (χ3n) is 8.18. The van der Waals surface area contributed by atoms with E-state index in [1.54, 1.807) is 41.3 Å². The van der Waals surface area contributed by atoms with Gasteiger partial charge in [-0.15, -0.1) is 0 Å². The molecule has 1 atom stereocenters. The van der Waals surface area contributed by atoms with E-state index in [0.717, 1.165) is 17.3 Å². The Labute approximate surface area is 265 Å². The Balaban J connectivity index is 1.18. The maximum atomic E-state index is 13.9. The normalized spacial score (nSPS) is 16.0. The van der Waals surface area contributed by atoms with E-state index in [1.807, 2.05) is 41.3 Å². The van der Waals surface area contributed by atoms with E-state index < -0.39 is 11.9 Å². The maximum Gasteiger partial charge on any atom is 0.287 e. The number of halogens is 1. The van der Waals surface area contributed by atoms with Crippen molar-refractivity contribution in [3.05, 3.63) is 111 Å². The van der Waals surface area contributed by atoms with Crippen LogP contribution < -0.4 is 15.6 Å². The van der Waals surface area contributed by atoms with Crippen LogP contribution in [0.15, 0.2) is 88.1 Å². The fourth-order valence-corrected chi connectivity index (χ4v) is 5.88. The molecule has 0 spiro atoms. The van der Waals surface area contributed by atoms with Crippen molar-refractivity contribution < 1.29 is 23.5 Å². The van der Waals surface area contributed by atoms with Gasteiger partial charge in [0.2, 0.25) is 5.91 Å². The number of piperazine rings is 1. The number of morpholine rings is 1. The lowest BCUT2D eigenvalue weighted by Gasteiger charge is -2.38. The van der Waals surface area contributed by atoms with E-state index >= 15 is 0 Å². The highest BCUT2D eigenvalue weighted by Gasteiger charge is 2.31. The van der Waals surface area contributed by atoms with Crippen molar-refractivity contribution >= 4 is 46.0 Å². The Morgan fingerprint density at radius 3 is 2.27 bits per heavy atom. The molecule has 1 aromatic heterocycles. The van der Waals surface area contributed by atoms with Crippen LogP contribution in [0, 0.1) is 0 Å². The second-order valence-electron chi connectivity index (χ2n) is 11.1. The Kier molecular flexibility index (Phi) is 9.13. The first-order valence-corrected chi connectivity index (χ1v) is 15.3. The maximum absolute atomic E-state index is 13.9. The molecule has 3 heterocycles. The molecule has 2 aliphatic rings. The number of ether oxygens (including phenoxy) is 1. The van der Waals surface area contributed by atoms with Crippen molar-refractivity contribution in [2.75, 3.05) is 57.4 Å². The molecule has 0 radical (unpaired) electrons. The topological polar surface area (TPSA) is 112 Å². The number of amides is 3. The molecule has 0 unspecified atom stereocenters. The Morgan fingerprint density at radius 2 is 1.51 bits per heavy atom. The van der Waals surface area contributed by atoms with Crippen LogP contribution in [0.5, 0.6) is 0 Å². The third-order valence-corrected chi connectivity index (χ3v) is 8.43. The van der Waals surface area contributed by atoms with Gasteiger partial charge in [-0.25, -0.2) is 0 Å². The van der Waals surface area contributed by atoms with Gasteiger partial charge in [0.1, 0.15) is 11.6 Å². The van der Waals surface area contributed by atoms with Gasteiger partial charge in [0.05, 0.1) is 24.2 Å². The van der Waals surface area contributed by atoms with E-state index in [1.165, 1.54) is 0 Å². The van der Waals surface area contributed by atoms with Crippen molar-refractivity contribution in [1.82, 2.24) is 15.1 Å². The monoisotopic (exact) mass is 628 g/mol. The van der Waals surface area contributed by atoms with Gasteiger partial charge in [-0.3, -0.25) is 19.2 Å². The van der Waals surface area contributed by atoms with Crippen LogP contribution in [0.3, 0.4) is 0 Å². The summed E-state index contributed by atoms with van der Waals surface area (Å²) >= 11 is 6.08. The predicted octanol–water partition coefficient (Wildman–Crippen LogP) is 3.61. The molecule has 6 rings (SSSR count). The van der Waals surface area contributed by atoms with Crippen LogP contribution in [0.2, 0.25) is 5.02 Å². The van der Waals surface area contributed by atoms with E-state index in [9.17, 15) is 19.2 Å². The number of nitrogens with one attached hydrogen (secondary N) is 1. The van der Waals surface area contributed by atoms with E-state index in [-0.39, 0.29) is 29.4 Å². The van der Waals surface area contributed by atoms with Crippen molar-refractivity contribution in [3.8, 4) is 0 Å². The predicted molar refractivity (Wildman–Crippen MR) is 171 cm³/mol. The van der Waals surface area contributed by atoms with Gasteiger partial charge in [0, 0.05) is 62.5 Å². The molecular formula is C34H33ClN4O6. The lowest BCUT2D eigenvalue weighted by atomic mass is 10.0. The van der Waals surface area contributed by atoms with Crippen LogP contribution in [0.25, 0.3) is 11.0 Å². The molecule has 45 heavy (non-hydrogen) atoms. The molecule has 2 saturated heterocycles. The molecule has 2 fully saturated rings. The van der Waals surface area contributed by atoms with Crippen molar-refractivity contribution in [3.63, 3.8) is 0 Å². The van der Waals surface area contributed by atoms with E-state index in [4.69, 9.17) is 20.8 Å². The average molecular weight is 629 g/mol. The lowest BCUT2D eigenvalue weighted by Crippen LogP contribution is -2.56. The zero-order valence-corrected chi connectivity index (χ0v) is 25.4. The Hall–Kier alpha value is -4.67. The minimum absolute atomic E-state index is 0.0292. The van der Waals surface area contributed by atoms with Gasteiger partial charge >= 0.3 is 0 Å². The van der Waals surface area contributed by atoms with Crippen LogP contribution in [-0.4, -0.2) is 86.0 Å². The molecule has 232 valence electrons. The molecule has 0 aliphatic carbocycles. The van der Waals surface area contributed by atoms with Crippen LogP contribution in [0.4, 0.5) is 5.69 Å². The number of para-hydroxylation sites is 2. The minimum Gasteiger partial charge on any atom is -0.451 e. The molecule has 11 heteroatoms. The molecule has 2 aliphatic heterocycles. The zero-order valence-electron chi connectivity index (χ0n) is 24.6. The summed E-state index contributed by atoms with van der Waals surface area (Å²) in [7, 11) is 0. The second-order valence-corrected chi connectivity index (χ2v) is 11.5. The van der Waals surface area contributed by atoms with Crippen molar-refractivity contribution in [2.45, 2.75) is 12.5 Å². The van der Waals surface area contributed by atoms with Crippen LogP contribution in [-0.2, 0) is 16.0 Å². The lowest BCUT2D eigenvalue weighted by molar-refractivity contribution is -0.133. The summed E-state index contributed by atoms with van der Waals surface area (Å²) in [4.78, 5) is 58.9. The smallest absolute Gasteiger partial charge is 0.287 e. The fraction of sp³-hybridized carbons (Fsp3) is 0.294. The summed E-state index contributed by atoms with van der Waals surface area (Å²) in [5.41, 5.74) is 2.22. The summed E-state index contributed by atoms with van der Waals surface area (Å²) in [5, 5.41) is 3.75. The summed E-state index contributed by atoms with van der Waals surface area (Å²) in [6, 6.07) is 21.6. The van der Waals surface area contributed by atoms with Crippen molar-refractivity contribution in [2.24, 2.45) is 0 Å². The number of rotatable bonds is 7. The number of anilines is 1. The first-order valence-electron chi connectivity index (χ1n) is 15.0. The Morgan fingerprint density at radius 1 is 0.822 bits per heavy atom. The molecule has 3 aromatic carbocycles. The average Bonchev–Trinajstić information content (AvgIpc) is 3.08. The zero-order chi connectivity index (χ0) is 31.3. The van der Waals surface area contributed by atoms with Gasteiger partial charge in [-0.2, -0.15) is 0 Å². The third kappa shape index (κ3) is 6.87. The molecule has 0 saturated carbocycles. The molecule has 1 N–H and O–H groups in total. The summed E-state index contributed by atoms with van der Waals surface area (Å²) in [6.45, 7) is 3.98.